The second-order valence-electron chi connectivity index (χ2n) is 4.63. The van der Waals surface area contributed by atoms with Gasteiger partial charge in [-0.05, 0) is 44.0 Å². The number of likely N-dealkylation sites (N-methyl/N-ethyl adjacent to an activating group) is 1. The zero-order valence-electron chi connectivity index (χ0n) is 10.8. The summed E-state index contributed by atoms with van der Waals surface area (Å²) in [6, 6.07) is 8.69. The van der Waals surface area contributed by atoms with Crippen molar-refractivity contribution in [2.24, 2.45) is 0 Å². The number of nitrogens with zero attached hydrogens (tertiary/aromatic N) is 2. The lowest BCUT2D eigenvalue weighted by Gasteiger charge is -2.23. The van der Waals surface area contributed by atoms with Gasteiger partial charge in [0.05, 0.1) is 17.6 Å². The molecule has 0 saturated carbocycles. The standard InChI is InChI=1S/C14H19N3S/c1-11(8-14-4-3-7-18-14)17(2)10-13-6-5-12(15)9-16-13/h3-7,9,11H,8,10,15H2,1-2H3. The largest absolute Gasteiger partial charge is 0.397 e. The number of hydrogen-bond donors (Lipinski definition) is 1. The molecule has 0 amide bonds. The van der Waals surface area contributed by atoms with Crippen molar-refractivity contribution in [3.8, 4) is 0 Å². The Bertz CT molecular complexity index is 464. The zero-order chi connectivity index (χ0) is 13.0. The van der Waals surface area contributed by atoms with Gasteiger partial charge >= 0.3 is 0 Å². The van der Waals surface area contributed by atoms with Crippen molar-refractivity contribution < 1.29 is 0 Å². The van der Waals surface area contributed by atoms with Gasteiger partial charge in [-0.15, -0.1) is 11.3 Å². The van der Waals surface area contributed by atoms with E-state index in [2.05, 4.69) is 41.4 Å². The van der Waals surface area contributed by atoms with Crippen LogP contribution in [0.5, 0.6) is 0 Å². The Kier molecular flexibility index (Phi) is 4.33. The van der Waals surface area contributed by atoms with E-state index < -0.39 is 0 Å². The van der Waals surface area contributed by atoms with E-state index in [0.29, 0.717) is 11.7 Å². The van der Waals surface area contributed by atoms with Crippen molar-refractivity contribution >= 4 is 17.0 Å². The van der Waals surface area contributed by atoms with E-state index in [-0.39, 0.29) is 0 Å². The Morgan fingerprint density at radius 2 is 2.22 bits per heavy atom. The van der Waals surface area contributed by atoms with E-state index in [1.165, 1.54) is 4.88 Å². The third kappa shape index (κ3) is 3.55. The van der Waals surface area contributed by atoms with Crippen molar-refractivity contribution in [2.75, 3.05) is 12.8 Å². The summed E-state index contributed by atoms with van der Waals surface area (Å²) in [4.78, 5) is 8.08. The van der Waals surface area contributed by atoms with Crippen LogP contribution in [0.25, 0.3) is 0 Å². The molecule has 0 aliphatic carbocycles. The molecule has 2 rings (SSSR count). The fourth-order valence-corrected chi connectivity index (χ4v) is 2.64. The number of rotatable bonds is 5. The molecular weight excluding hydrogens is 242 g/mol. The molecule has 0 spiro atoms. The summed E-state index contributed by atoms with van der Waals surface area (Å²) in [6.07, 6.45) is 2.80. The maximum Gasteiger partial charge on any atom is 0.0545 e. The van der Waals surface area contributed by atoms with Crippen LogP contribution in [-0.2, 0) is 13.0 Å². The molecule has 0 saturated heterocycles. The van der Waals surface area contributed by atoms with Gasteiger partial charge in [0.25, 0.3) is 0 Å². The maximum absolute atomic E-state index is 5.63. The minimum atomic E-state index is 0.503. The summed E-state index contributed by atoms with van der Waals surface area (Å²) in [5.41, 5.74) is 7.41. The van der Waals surface area contributed by atoms with Crippen molar-refractivity contribution in [3.63, 3.8) is 0 Å². The normalized spacial score (nSPS) is 12.8. The fourth-order valence-electron chi connectivity index (χ4n) is 1.82. The molecule has 0 aromatic carbocycles. The van der Waals surface area contributed by atoms with Crippen LogP contribution in [0.3, 0.4) is 0 Å². The Hall–Kier alpha value is -1.39. The fraction of sp³-hybridized carbons (Fsp3) is 0.357. The first kappa shape index (κ1) is 13.1. The lowest BCUT2D eigenvalue weighted by molar-refractivity contribution is 0.246. The van der Waals surface area contributed by atoms with Crippen LogP contribution < -0.4 is 5.73 Å². The quantitative estimate of drug-likeness (QED) is 0.900. The van der Waals surface area contributed by atoms with E-state index in [1.807, 2.05) is 23.5 Å². The van der Waals surface area contributed by atoms with Gasteiger partial charge < -0.3 is 5.73 Å². The van der Waals surface area contributed by atoms with E-state index >= 15 is 0 Å². The first-order valence-electron chi connectivity index (χ1n) is 6.08. The number of aromatic nitrogens is 1. The molecule has 3 nitrogen and oxygen atoms in total. The molecule has 0 bridgehead atoms. The van der Waals surface area contributed by atoms with Gasteiger partial charge in [0.15, 0.2) is 0 Å². The van der Waals surface area contributed by atoms with Crippen LogP contribution in [-0.4, -0.2) is 23.0 Å². The molecule has 1 atom stereocenters. The molecule has 96 valence electrons. The predicted octanol–water partition coefficient (Wildman–Crippen LogP) is 2.79. The third-order valence-electron chi connectivity index (χ3n) is 3.09. The SMILES string of the molecule is CC(Cc1cccs1)N(C)Cc1ccc(N)cn1. The molecule has 0 aliphatic rings. The lowest BCUT2D eigenvalue weighted by Crippen LogP contribution is -2.30. The highest BCUT2D eigenvalue weighted by molar-refractivity contribution is 7.09. The highest BCUT2D eigenvalue weighted by Crippen LogP contribution is 2.14. The molecule has 4 heteroatoms. The molecule has 0 radical (unpaired) electrons. The van der Waals surface area contributed by atoms with Gasteiger partial charge in [-0.25, -0.2) is 0 Å². The highest BCUT2D eigenvalue weighted by Gasteiger charge is 2.11. The molecule has 18 heavy (non-hydrogen) atoms. The minimum Gasteiger partial charge on any atom is -0.397 e. The zero-order valence-corrected chi connectivity index (χ0v) is 11.7. The maximum atomic E-state index is 5.63. The van der Waals surface area contributed by atoms with Crippen molar-refractivity contribution in [3.05, 3.63) is 46.4 Å². The number of pyridine rings is 1. The molecule has 0 aliphatic heterocycles. The number of thiophene rings is 1. The first-order valence-corrected chi connectivity index (χ1v) is 6.96. The molecule has 0 fully saturated rings. The molecule has 2 aromatic heterocycles. The number of nitrogen functional groups attached to an aromatic ring is 1. The van der Waals surface area contributed by atoms with Gasteiger partial charge in [-0.3, -0.25) is 9.88 Å². The summed E-state index contributed by atoms with van der Waals surface area (Å²) in [6.45, 7) is 3.10. The molecular formula is C14H19N3S. The van der Waals surface area contributed by atoms with Gasteiger partial charge in [-0.1, -0.05) is 6.07 Å². The average Bonchev–Trinajstić information content (AvgIpc) is 2.85. The summed E-state index contributed by atoms with van der Waals surface area (Å²) in [5.74, 6) is 0. The van der Waals surface area contributed by atoms with Gasteiger partial charge in [0.1, 0.15) is 0 Å². The van der Waals surface area contributed by atoms with Gasteiger partial charge in [0, 0.05) is 17.5 Å². The third-order valence-corrected chi connectivity index (χ3v) is 3.99. The summed E-state index contributed by atoms with van der Waals surface area (Å²) >= 11 is 1.82. The Labute approximate surface area is 112 Å². The Morgan fingerprint density at radius 1 is 1.39 bits per heavy atom. The average molecular weight is 261 g/mol. The first-order chi connectivity index (χ1) is 8.65. The van der Waals surface area contributed by atoms with E-state index in [1.54, 1.807) is 6.20 Å². The Balaban J connectivity index is 1.90. The molecule has 2 N–H and O–H groups in total. The van der Waals surface area contributed by atoms with Crippen LogP contribution in [0, 0.1) is 0 Å². The van der Waals surface area contributed by atoms with Crippen LogP contribution in [0.15, 0.2) is 35.8 Å². The van der Waals surface area contributed by atoms with Crippen molar-refractivity contribution in [1.29, 1.82) is 0 Å². The number of nitrogens with two attached hydrogens (primary N) is 1. The van der Waals surface area contributed by atoms with Crippen LogP contribution in [0.1, 0.15) is 17.5 Å². The second kappa shape index (κ2) is 5.98. The Morgan fingerprint density at radius 3 is 2.83 bits per heavy atom. The number of anilines is 1. The predicted molar refractivity (Wildman–Crippen MR) is 77.6 cm³/mol. The minimum absolute atomic E-state index is 0.503. The second-order valence-corrected chi connectivity index (χ2v) is 5.66. The van der Waals surface area contributed by atoms with E-state index in [4.69, 9.17) is 5.73 Å². The summed E-state index contributed by atoms with van der Waals surface area (Å²) in [7, 11) is 2.14. The van der Waals surface area contributed by atoms with Crippen molar-refractivity contribution in [2.45, 2.75) is 25.9 Å². The summed E-state index contributed by atoms with van der Waals surface area (Å²) in [5, 5.41) is 2.13. The molecule has 2 aromatic rings. The van der Waals surface area contributed by atoms with Crippen LogP contribution in [0.4, 0.5) is 5.69 Å². The molecule has 2 heterocycles. The van der Waals surface area contributed by atoms with Crippen LogP contribution in [0.2, 0.25) is 0 Å². The topological polar surface area (TPSA) is 42.1 Å². The number of hydrogen-bond acceptors (Lipinski definition) is 4. The van der Waals surface area contributed by atoms with Gasteiger partial charge in [0.2, 0.25) is 0 Å². The monoisotopic (exact) mass is 261 g/mol. The van der Waals surface area contributed by atoms with E-state index in [0.717, 1.165) is 18.7 Å². The van der Waals surface area contributed by atoms with E-state index in [9.17, 15) is 0 Å². The van der Waals surface area contributed by atoms with Crippen LogP contribution >= 0.6 is 11.3 Å². The lowest BCUT2D eigenvalue weighted by atomic mass is 10.2. The van der Waals surface area contributed by atoms with Crippen molar-refractivity contribution in [1.82, 2.24) is 9.88 Å². The highest BCUT2D eigenvalue weighted by atomic mass is 32.1. The van der Waals surface area contributed by atoms with Gasteiger partial charge in [-0.2, -0.15) is 0 Å². The smallest absolute Gasteiger partial charge is 0.0545 e. The summed E-state index contributed by atoms with van der Waals surface area (Å²) < 4.78 is 0. The molecule has 1 unspecified atom stereocenters.